The van der Waals surface area contributed by atoms with Crippen molar-refractivity contribution < 1.29 is 19.7 Å². The van der Waals surface area contributed by atoms with Gasteiger partial charge in [-0.05, 0) is 29.3 Å². The molecule has 0 aliphatic carbocycles. The molecule has 1 heterocycles. The van der Waals surface area contributed by atoms with E-state index in [1.165, 1.54) is 5.54 Å². The van der Waals surface area contributed by atoms with Crippen LogP contribution in [-0.4, -0.2) is 71.9 Å². The molecule has 8 heteroatoms. The molecule has 1 aliphatic rings. The lowest BCUT2D eigenvalue weighted by Gasteiger charge is -2.40. The van der Waals surface area contributed by atoms with Crippen molar-refractivity contribution >= 4 is 29.1 Å². The summed E-state index contributed by atoms with van der Waals surface area (Å²) in [5, 5.41) is 18.9. The van der Waals surface area contributed by atoms with Gasteiger partial charge in [-0.3, -0.25) is 9.69 Å². The number of nitrogens with zero attached hydrogens (tertiary/aromatic N) is 2. The molecular weight excluding hydrogens is 427 g/mol. The predicted octanol–water partition coefficient (Wildman–Crippen LogP) is 3.06. The number of likely N-dealkylation sites (N-methyl/N-ethyl adjacent to an activating group) is 1. The van der Waals surface area contributed by atoms with E-state index in [0.717, 1.165) is 5.56 Å². The van der Waals surface area contributed by atoms with Crippen LogP contribution in [0.25, 0.3) is 0 Å². The van der Waals surface area contributed by atoms with Gasteiger partial charge in [0.05, 0.1) is 25.2 Å². The lowest BCUT2D eigenvalue weighted by Crippen LogP contribution is -2.53. The molecule has 1 aromatic rings. The first-order valence-corrected chi connectivity index (χ1v) is 10.5. The number of halogens is 2. The van der Waals surface area contributed by atoms with E-state index >= 15 is 0 Å². The number of β-amino-alcohol motifs (C(OH)–C–C–N with tert-alkyl or cyclic N) is 1. The number of ether oxygens (including phenoxy) is 1. The maximum atomic E-state index is 12.9. The minimum absolute atomic E-state index is 0.0547. The average molecular weight is 455 g/mol. The minimum Gasteiger partial charge on any atom is -0.491 e. The predicted molar refractivity (Wildman–Crippen MR) is 120 cm³/mol. The SMILES string of the molecule is C=C(Cl)/C=C\C(=C/Cl)CC(=O)N(C)[C@H](CN1CC(O)C1)c1ccc(OCCO)cc1. The third-order valence-corrected chi connectivity index (χ3v) is 5.23. The highest BCUT2D eigenvalue weighted by Gasteiger charge is 2.30. The highest BCUT2D eigenvalue weighted by molar-refractivity contribution is 6.30. The summed E-state index contributed by atoms with van der Waals surface area (Å²) in [5.41, 5.74) is 2.93. The van der Waals surface area contributed by atoms with E-state index in [4.69, 9.17) is 33.0 Å². The fourth-order valence-corrected chi connectivity index (χ4v) is 3.35. The maximum Gasteiger partial charge on any atom is 0.227 e. The Labute approximate surface area is 187 Å². The van der Waals surface area contributed by atoms with Crippen LogP contribution in [0.3, 0.4) is 0 Å². The first-order valence-electron chi connectivity index (χ1n) is 9.65. The van der Waals surface area contributed by atoms with Gasteiger partial charge >= 0.3 is 0 Å². The number of allylic oxidation sites excluding steroid dienone is 3. The highest BCUT2D eigenvalue weighted by Crippen LogP contribution is 2.26. The van der Waals surface area contributed by atoms with Crippen LogP contribution in [0.1, 0.15) is 18.0 Å². The van der Waals surface area contributed by atoms with Crippen molar-refractivity contribution in [2.24, 2.45) is 0 Å². The van der Waals surface area contributed by atoms with Crippen LogP contribution in [0.2, 0.25) is 0 Å². The molecule has 1 saturated heterocycles. The summed E-state index contributed by atoms with van der Waals surface area (Å²) < 4.78 is 5.42. The van der Waals surface area contributed by atoms with Crippen LogP contribution in [-0.2, 0) is 4.79 Å². The molecule has 1 atom stereocenters. The lowest BCUT2D eigenvalue weighted by atomic mass is 10.0. The van der Waals surface area contributed by atoms with Gasteiger partial charge in [-0.25, -0.2) is 0 Å². The van der Waals surface area contributed by atoms with Crippen molar-refractivity contribution in [3.05, 3.63) is 64.7 Å². The van der Waals surface area contributed by atoms with Gasteiger partial charge in [-0.1, -0.05) is 48.0 Å². The molecule has 1 aliphatic heterocycles. The zero-order chi connectivity index (χ0) is 22.1. The molecule has 6 nitrogen and oxygen atoms in total. The second-order valence-electron chi connectivity index (χ2n) is 7.17. The van der Waals surface area contributed by atoms with Crippen LogP contribution >= 0.6 is 23.2 Å². The summed E-state index contributed by atoms with van der Waals surface area (Å²) in [6, 6.07) is 7.25. The Hall–Kier alpha value is -1.83. The van der Waals surface area contributed by atoms with Crippen LogP contribution in [0.4, 0.5) is 0 Å². The van der Waals surface area contributed by atoms with E-state index in [1.807, 2.05) is 24.3 Å². The number of hydrogen-bond acceptors (Lipinski definition) is 5. The van der Waals surface area contributed by atoms with E-state index < -0.39 is 0 Å². The van der Waals surface area contributed by atoms with Crippen LogP contribution in [0.15, 0.2) is 59.1 Å². The Kier molecular flexibility index (Phi) is 9.88. The Morgan fingerprint density at radius 2 is 2.03 bits per heavy atom. The summed E-state index contributed by atoms with van der Waals surface area (Å²) in [5.74, 6) is 0.553. The number of rotatable bonds is 11. The molecule has 1 amide bonds. The normalized spacial score (nSPS) is 16.4. The van der Waals surface area contributed by atoms with E-state index in [9.17, 15) is 9.90 Å². The Morgan fingerprint density at radius 1 is 1.37 bits per heavy atom. The molecule has 0 saturated carbocycles. The van der Waals surface area contributed by atoms with Gasteiger partial charge in [0, 0.05) is 37.2 Å². The van der Waals surface area contributed by atoms with Gasteiger partial charge in [-0.2, -0.15) is 0 Å². The summed E-state index contributed by atoms with van der Waals surface area (Å²) in [7, 11) is 1.76. The number of carbonyl (C=O) groups is 1. The van der Waals surface area contributed by atoms with Gasteiger partial charge in [0.25, 0.3) is 0 Å². The molecule has 0 aromatic heterocycles. The summed E-state index contributed by atoms with van der Waals surface area (Å²) in [6.07, 6.45) is 3.06. The number of likely N-dealkylation sites (tertiary alicyclic amines) is 1. The Morgan fingerprint density at radius 3 is 2.57 bits per heavy atom. The number of amides is 1. The molecule has 0 radical (unpaired) electrons. The fourth-order valence-electron chi connectivity index (χ4n) is 3.14. The van der Waals surface area contributed by atoms with Crippen molar-refractivity contribution in [3.63, 3.8) is 0 Å². The molecule has 1 aromatic carbocycles. The van der Waals surface area contributed by atoms with E-state index in [0.29, 0.717) is 36.0 Å². The quantitative estimate of drug-likeness (QED) is 0.502. The number of aliphatic hydroxyl groups excluding tert-OH is 2. The first-order chi connectivity index (χ1) is 14.3. The molecule has 0 bridgehead atoms. The molecule has 1 fully saturated rings. The van der Waals surface area contributed by atoms with Crippen molar-refractivity contribution in [1.82, 2.24) is 9.80 Å². The van der Waals surface area contributed by atoms with Gasteiger partial charge in [0.2, 0.25) is 5.91 Å². The van der Waals surface area contributed by atoms with Crippen LogP contribution < -0.4 is 4.74 Å². The smallest absolute Gasteiger partial charge is 0.227 e. The zero-order valence-electron chi connectivity index (χ0n) is 17.0. The van der Waals surface area contributed by atoms with Gasteiger partial charge in [0.15, 0.2) is 0 Å². The van der Waals surface area contributed by atoms with Crippen molar-refractivity contribution in [2.45, 2.75) is 18.6 Å². The van der Waals surface area contributed by atoms with Gasteiger partial charge < -0.3 is 19.8 Å². The third-order valence-electron chi connectivity index (χ3n) is 4.83. The van der Waals surface area contributed by atoms with Crippen molar-refractivity contribution in [3.8, 4) is 5.75 Å². The summed E-state index contributed by atoms with van der Waals surface area (Å²) in [6.45, 7) is 5.53. The minimum atomic E-state index is -0.319. The van der Waals surface area contributed by atoms with E-state index in [-0.39, 0.29) is 37.7 Å². The first kappa shape index (κ1) is 24.4. The molecule has 2 rings (SSSR count). The molecule has 0 spiro atoms. The second kappa shape index (κ2) is 12.1. The maximum absolute atomic E-state index is 12.9. The summed E-state index contributed by atoms with van der Waals surface area (Å²) in [4.78, 5) is 16.7. The molecular formula is C22H28Cl2N2O4. The fraction of sp³-hybridized carbons (Fsp3) is 0.409. The number of carbonyl (C=O) groups excluding carboxylic acids is 1. The standard InChI is InChI=1S/C22H28Cl2N2O4/c1-16(24)3-4-17(12-23)11-22(29)25(2)21(15-26-13-19(28)14-26)18-5-7-20(8-6-18)30-10-9-27/h3-8,12,19,21,27-28H,1,9-11,13-15H2,2H3/b4-3-,17-12+/t21-/m1/s1. The lowest BCUT2D eigenvalue weighted by molar-refractivity contribution is -0.132. The topological polar surface area (TPSA) is 73.2 Å². The Balaban J connectivity index is 2.14. The van der Waals surface area contributed by atoms with Gasteiger partial charge in [-0.15, -0.1) is 0 Å². The monoisotopic (exact) mass is 454 g/mol. The number of hydrogen-bond donors (Lipinski definition) is 2. The molecule has 164 valence electrons. The van der Waals surface area contributed by atoms with Crippen LogP contribution in [0.5, 0.6) is 5.75 Å². The largest absolute Gasteiger partial charge is 0.491 e. The summed E-state index contributed by atoms with van der Waals surface area (Å²) >= 11 is 11.6. The third kappa shape index (κ3) is 7.45. The van der Waals surface area contributed by atoms with E-state index in [1.54, 1.807) is 24.1 Å². The molecule has 30 heavy (non-hydrogen) atoms. The van der Waals surface area contributed by atoms with Crippen molar-refractivity contribution in [1.29, 1.82) is 0 Å². The van der Waals surface area contributed by atoms with Crippen molar-refractivity contribution in [2.75, 3.05) is 39.9 Å². The molecule has 2 N–H and O–H groups in total. The second-order valence-corrected chi connectivity index (χ2v) is 7.88. The number of aliphatic hydroxyl groups is 2. The van der Waals surface area contributed by atoms with E-state index in [2.05, 4.69) is 11.5 Å². The Bertz CT molecular complexity index is 774. The van der Waals surface area contributed by atoms with Crippen LogP contribution in [0, 0.1) is 0 Å². The number of benzene rings is 1. The highest BCUT2D eigenvalue weighted by atomic mass is 35.5. The van der Waals surface area contributed by atoms with Gasteiger partial charge in [0.1, 0.15) is 12.4 Å². The molecule has 0 unspecified atom stereocenters. The zero-order valence-corrected chi connectivity index (χ0v) is 18.5. The average Bonchev–Trinajstić information content (AvgIpc) is 2.71.